The van der Waals surface area contributed by atoms with Gasteiger partial charge in [-0.1, -0.05) is 18.6 Å². The van der Waals surface area contributed by atoms with Crippen molar-refractivity contribution in [3.8, 4) is 10.6 Å². The van der Waals surface area contributed by atoms with E-state index in [-0.39, 0.29) is 11.5 Å². The Bertz CT molecular complexity index is 1290. The molecule has 0 bridgehead atoms. The molecule has 31 heavy (non-hydrogen) atoms. The van der Waals surface area contributed by atoms with Crippen LogP contribution >= 0.6 is 23.6 Å². The van der Waals surface area contributed by atoms with Crippen molar-refractivity contribution >= 4 is 46.1 Å². The van der Waals surface area contributed by atoms with Crippen LogP contribution in [0.25, 0.3) is 21.5 Å². The molecule has 0 saturated carbocycles. The average Bonchev–Trinajstić information content (AvgIpc) is 3.31. The smallest absolute Gasteiger partial charge is 0.262 e. The fourth-order valence-electron chi connectivity index (χ4n) is 3.42. The van der Waals surface area contributed by atoms with E-state index in [0.717, 1.165) is 41.0 Å². The van der Waals surface area contributed by atoms with Crippen molar-refractivity contribution in [2.75, 3.05) is 5.32 Å². The summed E-state index contributed by atoms with van der Waals surface area (Å²) in [5.74, 6) is -0.0119. The van der Waals surface area contributed by atoms with Gasteiger partial charge in [0, 0.05) is 35.8 Å². The number of H-pyrrole nitrogens is 1. The molecule has 8 heteroatoms. The SMILES string of the molecule is O=C(CCCCCn1c(=S)[nH]c2ccccc2c1=O)Nc1ccc(-c2nccs2)cc1. The maximum absolute atomic E-state index is 12.6. The summed E-state index contributed by atoms with van der Waals surface area (Å²) in [5.41, 5.74) is 2.50. The molecule has 0 atom stereocenters. The lowest BCUT2D eigenvalue weighted by molar-refractivity contribution is -0.116. The minimum absolute atomic E-state index is 0.0119. The highest BCUT2D eigenvalue weighted by molar-refractivity contribution is 7.71. The van der Waals surface area contributed by atoms with Crippen LogP contribution in [0.5, 0.6) is 0 Å². The summed E-state index contributed by atoms with van der Waals surface area (Å²) in [6.45, 7) is 0.541. The van der Waals surface area contributed by atoms with Crippen LogP contribution in [0.1, 0.15) is 25.7 Å². The van der Waals surface area contributed by atoms with Gasteiger partial charge in [-0.3, -0.25) is 14.2 Å². The molecule has 158 valence electrons. The van der Waals surface area contributed by atoms with E-state index in [2.05, 4.69) is 15.3 Å². The van der Waals surface area contributed by atoms with Crippen LogP contribution in [0.3, 0.4) is 0 Å². The monoisotopic (exact) mass is 450 g/mol. The minimum atomic E-state index is -0.0710. The van der Waals surface area contributed by atoms with Crippen LogP contribution < -0.4 is 10.9 Å². The van der Waals surface area contributed by atoms with Crippen molar-refractivity contribution in [1.29, 1.82) is 0 Å². The summed E-state index contributed by atoms with van der Waals surface area (Å²) in [5, 5.41) is 6.47. The third-order valence-corrected chi connectivity index (χ3v) is 6.17. The van der Waals surface area contributed by atoms with Crippen molar-refractivity contribution in [1.82, 2.24) is 14.5 Å². The Kier molecular flexibility index (Phi) is 6.69. The van der Waals surface area contributed by atoms with Crippen LogP contribution in [-0.2, 0) is 11.3 Å². The Hall–Kier alpha value is -3.10. The number of amides is 1. The Balaban J connectivity index is 1.24. The zero-order chi connectivity index (χ0) is 21.6. The number of nitrogens with one attached hydrogen (secondary N) is 2. The summed E-state index contributed by atoms with van der Waals surface area (Å²) in [6.07, 6.45) is 4.59. The van der Waals surface area contributed by atoms with Crippen LogP contribution in [0.4, 0.5) is 5.69 Å². The Morgan fingerprint density at radius 1 is 1.10 bits per heavy atom. The number of carbonyl (C=O) groups is 1. The Morgan fingerprint density at radius 3 is 2.68 bits per heavy atom. The first kappa shape index (κ1) is 21.1. The van der Waals surface area contributed by atoms with Gasteiger partial charge in [-0.05, 0) is 61.5 Å². The molecule has 0 aliphatic heterocycles. The van der Waals surface area contributed by atoms with Crippen LogP contribution in [0, 0.1) is 4.77 Å². The maximum atomic E-state index is 12.6. The number of hydrogen-bond acceptors (Lipinski definition) is 5. The van der Waals surface area contributed by atoms with Crippen molar-refractivity contribution in [3.05, 3.63) is 75.2 Å². The summed E-state index contributed by atoms with van der Waals surface area (Å²) in [6, 6.07) is 15.1. The molecule has 0 spiro atoms. The normalized spacial score (nSPS) is 11.0. The van der Waals surface area contributed by atoms with E-state index in [1.165, 1.54) is 0 Å². The van der Waals surface area contributed by atoms with Gasteiger partial charge in [0.25, 0.3) is 5.56 Å². The number of thiazole rings is 1. The van der Waals surface area contributed by atoms with Gasteiger partial charge in [-0.25, -0.2) is 4.98 Å². The molecule has 6 nitrogen and oxygen atoms in total. The van der Waals surface area contributed by atoms with Gasteiger partial charge in [0.2, 0.25) is 5.91 Å². The van der Waals surface area contributed by atoms with Gasteiger partial charge in [-0.15, -0.1) is 11.3 Å². The standard InChI is InChI=1S/C23H22N4O2S2/c28-20(25-17-11-9-16(10-12-17)21-24-13-15-31-21)8-2-1-5-14-27-22(29)18-6-3-4-7-19(18)26-23(27)30/h3-4,6-7,9-13,15H,1-2,5,8,14H2,(H,25,28)(H,26,30). The molecule has 1 amide bonds. The molecule has 2 N–H and O–H groups in total. The van der Waals surface area contributed by atoms with Gasteiger partial charge >= 0.3 is 0 Å². The highest BCUT2D eigenvalue weighted by Crippen LogP contribution is 2.23. The van der Waals surface area contributed by atoms with Gasteiger partial charge in [0.1, 0.15) is 5.01 Å². The zero-order valence-corrected chi connectivity index (χ0v) is 18.5. The third-order valence-electron chi connectivity index (χ3n) is 5.02. The second-order valence-electron chi connectivity index (χ2n) is 7.21. The number of carbonyl (C=O) groups excluding carboxylic acids is 1. The lowest BCUT2D eigenvalue weighted by Gasteiger charge is -2.08. The average molecular weight is 451 g/mol. The number of anilines is 1. The summed E-state index contributed by atoms with van der Waals surface area (Å²) in [4.78, 5) is 32.2. The molecule has 2 aromatic carbocycles. The number of aromatic nitrogens is 3. The van der Waals surface area contributed by atoms with Crippen molar-refractivity contribution in [2.45, 2.75) is 32.2 Å². The largest absolute Gasteiger partial charge is 0.332 e. The predicted octanol–water partition coefficient (Wildman–Crippen LogP) is 5.38. The number of fused-ring (bicyclic) bond motifs is 1. The quantitative estimate of drug-likeness (QED) is 0.279. The van der Waals surface area contributed by atoms with Crippen molar-refractivity contribution in [3.63, 3.8) is 0 Å². The number of nitrogens with zero attached hydrogens (tertiary/aromatic N) is 2. The summed E-state index contributed by atoms with van der Waals surface area (Å²) < 4.78 is 2.03. The van der Waals surface area contributed by atoms with Gasteiger partial charge in [0.05, 0.1) is 10.9 Å². The number of benzene rings is 2. The fourth-order valence-corrected chi connectivity index (χ4v) is 4.35. The molecule has 4 aromatic rings. The van der Waals surface area contributed by atoms with E-state index in [1.807, 2.05) is 47.8 Å². The molecule has 0 fully saturated rings. The highest BCUT2D eigenvalue weighted by Gasteiger charge is 2.07. The van der Waals surface area contributed by atoms with Crippen molar-refractivity contribution in [2.24, 2.45) is 0 Å². The van der Waals surface area contributed by atoms with Crippen LogP contribution in [0.2, 0.25) is 0 Å². The van der Waals surface area contributed by atoms with Gasteiger partial charge < -0.3 is 10.3 Å². The first-order chi connectivity index (χ1) is 15.1. The summed E-state index contributed by atoms with van der Waals surface area (Å²) in [7, 11) is 0. The third kappa shape index (κ3) is 5.15. The summed E-state index contributed by atoms with van der Waals surface area (Å²) >= 11 is 6.92. The van der Waals surface area contributed by atoms with Crippen LogP contribution in [0.15, 0.2) is 64.9 Å². The van der Waals surface area contributed by atoms with Crippen LogP contribution in [-0.4, -0.2) is 20.4 Å². The molecule has 0 aliphatic rings. The van der Waals surface area contributed by atoms with E-state index in [9.17, 15) is 9.59 Å². The second-order valence-corrected chi connectivity index (χ2v) is 8.49. The van der Waals surface area contributed by atoms with E-state index in [0.29, 0.717) is 23.1 Å². The van der Waals surface area contributed by atoms with E-state index in [4.69, 9.17) is 12.2 Å². The number of hydrogen-bond donors (Lipinski definition) is 2. The maximum Gasteiger partial charge on any atom is 0.262 e. The fraction of sp³-hybridized carbons (Fsp3) is 0.217. The van der Waals surface area contributed by atoms with Gasteiger partial charge in [0.15, 0.2) is 4.77 Å². The molecule has 0 aliphatic carbocycles. The van der Waals surface area contributed by atoms with E-state index in [1.54, 1.807) is 28.2 Å². The van der Waals surface area contributed by atoms with Crippen molar-refractivity contribution < 1.29 is 4.79 Å². The highest BCUT2D eigenvalue weighted by atomic mass is 32.1. The molecular formula is C23H22N4O2S2. The number of para-hydroxylation sites is 1. The molecule has 0 unspecified atom stereocenters. The van der Waals surface area contributed by atoms with E-state index < -0.39 is 0 Å². The zero-order valence-electron chi connectivity index (χ0n) is 16.8. The van der Waals surface area contributed by atoms with E-state index >= 15 is 0 Å². The first-order valence-electron chi connectivity index (χ1n) is 10.1. The second kappa shape index (κ2) is 9.80. The molecule has 4 rings (SSSR count). The Labute approximate surface area is 188 Å². The first-order valence-corrected chi connectivity index (χ1v) is 11.4. The molecule has 2 heterocycles. The lowest BCUT2D eigenvalue weighted by Crippen LogP contribution is -2.22. The minimum Gasteiger partial charge on any atom is -0.332 e. The Morgan fingerprint density at radius 2 is 1.90 bits per heavy atom. The topological polar surface area (TPSA) is 79.8 Å². The molecular weight excluding hydrogens is 428 g/mol. The molecule has 2 aromatic heterocycles. The molecule has 0 saturated heterocycles. The molecule has 0 radical (unpaired) electrons. The number of unbranched alkanes of at least 4 members (excludes halogenated alkanes) is 2. The van der Waals surface area contributed by atoms with Gasteiger partial charge in [-0.2, -0.15) is 0 Å². The number of rotatable bonds is 8. The number of aromatic amines is 1. The predicted molar refractivity (Wildman–Crippen MR) is 128 cm³/mol. The lowest BCUT2D eigenvalue weighted by atomic mass is 10.1.